The van der Waals surface area contributed by atoms with Crippen molar-refractivity contribution < 1.29 is 32.8 Å². The third-order valence-electron chi connectivity index (χ3n) is 7.54. The molecule has 0 spiro atoms. The third-order valence-corrected chi connectivity index (χ3v) is 8.53. The fourth-order valence-electron chi connectivity index (χ4n) is 4.93. The standard InChI is InChI=1S/C31H63N2O7P/c1-4-5-6-7-8-9-10-11-12-13-14-15-16-17-18-22-26-37-28-30(40-31(34)33-23-20-19-21-24-33)29-39-41(35,36)38-27-25-32(2)3/h30H,4-29H2,1-3H3,(H,35,36). The molecule has 9 nitrogen and oxygen atoms in total. The number of amides is 1. The molecule has 0 bridgehead atoms. The summed E-state index contributed by atoms with van der Waals surface area (Å²) in [6.07, 6.45) is 22.9. The van der Waals surface area contributed by atoms with Crippen LogP contribution >= 0.6 is 7.82 Å². The molecular formula is C31H63N2O7P. The molecule has 1 saturated heterocycles. The van der Waals surface area contributed by atoms with E-state index in [9.17, 15) is 14.3 Å². The van der Waals surface area contributed by atoms with Crippen LogP contribution in [0, 0.1) is 0 Å². The van der Waals surface area contributed by atoms with E-state index in [-0.39, 0.29) is 19.8 Å². The molecule has 1 heterocycles. The van der Waals surface area contributed by atoms with Crippen molar-refractivity contribution in [3.8, 4) is 0 Å². The average Bonchev–Trinajstić information content (AvgIpc) is 2.95. The lowest BCUT2D eigenvalue weighted by Gasteiger charge is -2.28. The molecule has 41 heavy (non-hydrogen) atoms. The Balaban J connectivity index is 2.15. The summed E-state index contributed by atoms with van der Waals surface area (Å²) in [5, 5.41) is 0. The summed E-state index contributed by atoms with van der Waals surface area (Å²) in [6, 6.07) is 0. The Hall–Kier alpha value is -0.700. The molecule has 0 aliphatic carbocycles. The van der Waals surface area contributed by atoms with Gasteiger partial charge < -0.3 is 24.2 Å². The van der Waals surface area contributed by atoms with Crippen molar-refractivity contribution in [3.63, 3.8) is 0 Å². The van der Waals surface area contributed by atoms with Crippen LogP contribution in [-0.2, 0) is 23.1 Å². The Kier molecular flexibility index (Phi) is 24.1. The van der Waals surface area contributed by atoms with Gasteiger partial charge in [0.25, 0.3) is 0 Å². The summed E-state index contributed by atoms with van der Waals surface area (Å²) in [6.45, 7) is 4.58. The topological polar surface area (TPSA) is 97.8 Å². The zero-order chi connectivity index (χ0) is 30.0. The van der Waals surface area contributed by atoms with Gasteiger partial charge in [-0.05, 0) is 39.8 Å². The molecule has 1 amide bonds. The average molecular weight is 607 g/mol. The Morgan fingerprint density at radius 3 is 1.78 bits per heavy atom. The molecule has 2 unspecified atom stereocenters. The van der Waals surface area contributed by atoms with E-state index in [1.807, 2.05) is 19.0 Å². The number of phosphoric ester groups is 1. The summed E-state index contributed by atoms with van der Waals surface area (Å²) in [5.74, 6) is 0. The van der Waals surface area contributed by atoms with Crippen LogP contribution in [0.15, 0.2) is 0 Å². The van der Waals surface area contributed by atoms with Gasteiger partial charge in [0.15, 0.2) is 6.10 Å². The zero-order valence-electron chi connectivity index (χ0n) is 26.7. The fourth-order valence-corrected chi connectivity index (χ4v) is 5.67. The first-order valence-electron chi connectivity index (χ1n) is 16.6. The van der Waals surface area contributed by atoms with Crippen LogP contribution in [-0.4, -0.2) is 87.0 Å². The number of piperidine rings is 1. The van der Waals surface area contributed by atoms with E-state index in [0.29, 0.717) is 26.2 Å². The van der Waals surface area contributed by atoms with Gasteiger partial charge in [-0.1, -0.05) is 103 Å². The molecule has 1 aliphatic heterocycles. The quantitative estimate of drug-likeness (QED) is 0.0743. The predicted molar refractivity (Wildman–Crippen MR) is 166 cm³/mol. The van der Waals surface area contributed by atoms with Gasteiger partial charge in [-0.2, -0.15) is 0 Å². The van der Waals surface area contributed by atoms with E-state index in [1.54, 1.807) is 4.90 Å². The summed E-state index contributed by atoms with van der Waals surface area (Å²) in [4.78, 5) is 26.1. The van der Waals surface area contributed by atoms with Crippen molar-refractivity contribution in [3.05, 3.63) is 0 Å². The number of rotatable bonds is 27. The van der Waals surface area contributed by atoms with Gasteiger partial charge in [0.05, 0.1) is 19.8 Å². The Morgan fingerprint density at radius 2 is 1.27 bits per heavy atom. The monoisotopic (exact) mass is 606 g/mol. The predicted octanol–water partition coefficient (Wildman–Crippen LogP) is 7.95. The SMILES string of the molecule is CCCCCCCCCCCCCCCCCCOCC(COP(=O)(O)OCCN(C)C)OC(=O)N1CCCCC1. The van der Waals surface area contributed by atoms with E-state index in [2.05, 4.69) is 6.92 Å². The summed E-state index contributed by atoms with van der Waals surface area (Å²) >= 11 is 0. The van der Waals surface area contributed by atoms with Crippen molar-refractivity contribution in [2.24, 2.45) is 0 Å². The number of likely N-dealkylation sites (N-methyl/N-ethyl adjacent to an activating group) is 1. The summed E-state index contributed by atoms with van der Waals surface area (Å²) in [5.41, 5.74) is 0. The Morgan fingerprint density at radius 1 is 0.756 bits per heavy atom. The number of carbonyl (C=O) groups excluding carboxylic acids is 1. The number of ether oxygens (including phenoxy) is 2. The highest BCUT2D eigenvalue weighted by atomic mass is 31.2. The highest BCUT2D eigenvalue weighted by molar-refractivity contribution is 7.47. The number of phosphoric acid groups is 1. The van der Waals surface area contributed by atoms with Crippen LogP contribution in [0.1, 0.15) is 129 Å². The van der Waals surface area contributed by atoms with Crippen molar-refractivity contribution in [1.29, 1.82) is 0 Å². The van der Waals surface area contributed by atoms with Crippen molar-refractivity contribution in [2.45, 2.75) is 135 Å². The van der Waals surface area contributed by atoms with Gasteiger partial charge in [-0.3, -0.25) is 9.05 Å². The number of nitrogens with zero attached hydrogens (tertiary/aromatic N) is 2. The van der Waals surface area contributed by atoms with E-state index in [1.165, 1.54) is 89.9 Å². The van der Waals surface area contributed by atoms with Crippen molar-refractivity contribution in [2.75, 3.05) is 60.2 Å². The van der Waals surface area contributed by atoms with Gasteiger partial charge in [0.2, 0.25) is 0 Å². The number of hydrogen-bond acceptors (Lipinski definition) is 7. The lowest BCUT2D eigenvalue weighted by molar-refractivity contribution is -0.0226. The molecule has 10 heteroatoms. The van der Waals surface area contributed by atoms with Crippen LogP contribution in [0.25, 0.3) is 0 Å². The Labute approximate surface area is 251 Å². The molecule has 0 radical (unpaired) electrons. The minimum absolute atomic E-state index is 0.0643. The molecule has 1 N–H and O–H groups in total. The molecular weight excluding hydrogens is 543 g/mol. The fraction of sp³-hybridized carbons (Fsp3) is 0.968. The third kappa shape index (κ3) is 23.4. The van der Waals surface area contributed by atoms with Crippen molar-refractivity contribution >= 4 is 13.9 Å². The molecule has 244 valence electrons. The molecule has 1 rings (SSSR count). The second-order valence-corrected chi connectivity index (χ2v) is 13.3. The molecule has 0 saturated carbocycles. The van der Waals surface area contributed by atoms with E-state index in [0.717, 1.165) is 32.1 Å². The highest BCUT2D eigenvalue weighted by Gasteiger charge is 2.27. The van der Waals surface area contributed by atoms with Crippen molar-refractivity contribution in [1.82, 2.24) is 9.80 Å². The van der Waals surface area contributed by atoms with Crippen LogP contribution in [0.2, 0.25) is 0 Å². The lowest BCUT2D eigenvalue weighted by Crippen LogP contribution is -2.40. The van der Waals surface area contributed by atoms with Gasteiger partial charge in [0, 0.05) is 26.2 Å². The number of likely N-dealkylation sites (tertiary alicyclic amines) is 1. The molecule has 1 fully saturated rings. The van der Waals surface area contributed by atoms with Crippen LogP contribution < -0.4 is 0 Å². The number of unbranched alkanes of at least 4 members (excludes halogenated alkanes) is 15. The van der Waals surface area contributed by atoms with E-state index >= 15 is 0 Å². The molecule has 0 aromatic carbocycles. The lowest BCUT2D eigenvalue weighted by atomic mass is 10.0. The van der Waals surface area contributed by atoms with Crippen LogP contribution in [0.5, 0.6) is 0 Å². The van der Waals surface area contributed by atoms with Gasteiger partial charge in [-0.15, -0.1) is 0 Å². The smallest absolute Gasteiger partial charge is 0.441 e. The molecule has 2 atom stereocenters. The van der Waals surface area contributed by atoms with E-state index in [4.69, 9.17) is 18.5 Å². The van der Waals surface area contributed by atoms with Gasteiger partial charge in [0.1, 0.15) is 0 Å². The second-order valence-electron chi connectivity index (χ2n) is 11.8. The first-order chi connectivity index (χ1) is 19.8. The highest BCUT2D eigenvalue weighted by Crippen LogP contribution is 2.43. The maximum absolute atomic E-state index is 12.6. The maximum atomic E-state index is 12.6. The second kappa shape index (κ2) is 25.8. The van der Waals surface area contributed by atoms with E-state index < -0.39 is 20.0 Å². The molecule has 0 aromatic rings. The van der Waals surface area contributed by atoms with Gasteiger partial charge >= 0.3 is 13.9 Å². The summed E-state index contributed by atoms with van der Waals surface area (Å²) in [7, 11) is -0.551. The largest absolute Gasteiger partial charge is 0.472 e. The van der Waals surface area contributed by atoms with Crippen LogP contribution in [0.3, 0.4) is 0 Å². The zero-order valence-corrected chi connectivity index (χ0v) is 27.6. The molecule has 1 aliphatic rings. The number of carbonyl (C=O) groups is 1. The first kappa shape index (κ1) is 38.3. The first-order valence-corrected chi connectivity index (χ1v) is 18.1. The minimum Gasteiger partial charge on any atom is -0.441 e. The van der Waals surface area contributed by atoms with Gasteiger partial charge in [-0.25, -0.2) is 9.36 Å². The Bertz CT molecular complexity index is 662. The summed E-state index contributed by atoms with van der Waals surface area (Å²) < 4.78 is 33.8. The normalized spacial score (nSPS) is 16.2. The maximum Gasteiger partial charge on any atom is 0.472 e. The van der Waals surface area contributed by atoms with Crippen LogP contribution in [0.4, 0.5) is 4.79 Å². The molecule has 0 aromatic heterocycles. The minimum atomic E-state index is -4.24. The number of hydrogen-bond donors (Lipinski definition) is 1.